The van der Waals surface area contributed by atoms with Crippen LogP contribution in [0.15, 0.2) is 24.3 Å². The number of phenolic OH excluding ortho intramolecular Hbond substituents is 2. The van der Waals surface area contributed by atoms with Crippen LogP contribution >= 0.6 is 0 Å². The van der Waals surface area contributed by atoms with Crippen molar-refractivity contribution in [2.45, 2.75) is 13.3 Å². The Morgan fingerprint density at radius 3 is 2.11 bits per heavy atom. The Balaban J connectivity index is 1.99. The number of benzene rings is 2. The summed E-state index contributed by atoms with van der Waals surface area (Å²) < 4.78 is 15.8. The number of aromatic hydroxyl groups is 2. The third-order valence-corrected chi connectivity index (χ3v) is 4.04. The normalized spacial score (nSPS) is 10.2. The first-order valence-corrected chi connectivity index (χ1v) is 8.25. The number of aryl methyl sites for hydroxylation is 1. The molecule has 0 radical (unpaired) electrons. The summed E-state index contributed by atoms with van der Waals surface area (Å²) in [4.78, 5) is 12.1. The summed E-state index contributed by atoms with van der Waals surface area (Å²) in [6.45, 7) is 2.17. The Bertz CT molecular complexity index is 797. The molecule has 2 aromatic carbocycles. The van der Waals surface area contributed by atoms with Gasteiger partial charge >= 0.3 is 6.03 Å². The van der Waals surface area contributed by atoms with Crippen molar-refractivity contribution in [3.63, 3.8) is 0 Å². The van der Waals surface area contributed by atoms with Gasteiger partial charge in [-0.2, -0.15) is 0 Å². The van der Waals surface area contributed by atoms with E-state index in [0.717, 1.165) is 11.1 Å². The minimum absolute atomic E-state index is 0.163. The molecule has 0 aromatic heterocycles. The molecule has 0 heterocycles. The fourth-order valence-electron chi connectivity index (χ4n) is 2.63. The Kier molecular flexibility index (Phi) is 6.59. The highest BCUT2D eigenvalue weighted by Gasteiger charge is 2.14. The number of methoxy groups -OCH3 is 3. The van der Waals surface area contributed by atoms with Crippen molar-refractivity contribution in [2.24, 2.45) is 0 Å². The predicted octanol–water partition coefficient (Wildman–Crippen LogP) is 2.80. The fourth-order valence-corrected chi connectivity index (χ4v) is 2.63. The maximum absolute atomic E-state index is 12.1. The second-order valence-corrected chi connectivity index (χ2v) is 5.81. The van der Waals surface area contributed by atoms with E-state index < -0.39 is 6.03 Å². The summed E-state index contributed by atoms with van der Waals surface area (Å²) in [6.07, 6.45) is 0.502. The highest BCUT2D eigenvalue weighted by molar-refractivity contribution is 5.90. The van der Waals surface area contributed by atoms with Crippen molar-refractivity contribution in [3.8, 4) is 28.7 Å². The Morgan fingerprint density at radius 1 is 0.963 bits per heavy atom. The molecule has 0 aliphatic rings. The van der Waals surface area contributed by atoms with E-state index in [1.807, 2.05) is 6.92 Å². The summed E-state index contributed by atoms with van der Waals surface area (Å²) in [5.41, 5.74) is 2.15. The van der Waals surface area contributed by atoms with Gasteiger partial charge in [0.1, 0.15) is 0 Å². The second kappa shape index (κ2) is 8.88. The topological polar surface area (TPSA) is 109 Å². The van der Waals surface area contributed by atoms with Crippen LogP contribution in [-0.4, -0.2) is 44.1 Å². The maximum atomic E-state index is 12.1. The first-order chi connectivity index (χ1) is 12.9. The van der Waals surface area contributed by atoms with E-state index in [0.29, 0.717) is 35.9 Å². The molecule has 2 amide bonds. The molecule has 146 valence electrons. The highest BCUT2D eigenvalue weighted by Crippen LogP contribution is 2.39. The Hall–Kier alpha value is -3.29. The molecule has 0 fully saturated rings. The van der Waals surface area contributed by atoms with Gasteiger partial charge in [-0.1, -0.05) is 0 Å². The Labute approximate surface area is 157 Å². The van der Waals surface area contributed by atoms with Crippen molar-refractivity contribution >= 4 is 11.7 Å². The third-order valence-electron chi connectivity index (χ3n) is 4.04. The Morgan fingerprint density at radius 2 is 1.56 bits per heavy atom. The molecule has 2 aromatic rings. The third kappa shape index (κ3) is 4.87. The average molecular weight is 376 g/mol. The van der Waals surface area contributed by atoms with Gasteiger partial charge in [0, 0.05) is 18.7 Å². The van der Waals surface area contributed by atoms with Gasteiger partial charge in [0.2, 0.25) is 5.75 Å². The molecule has 0 atom stereocenters. The van der Waals surface area contributed by atoms with E-state index in [1.165, 1.54) is 33.5 Å². The molecule has 0 aliphatic heterocycles. The zero-order valence-electron chi connectivity index (χ0n) is 15.8. The van der Waals surface area contributed by atoms with Gasteiger partial charge in [0.25, 0.3) is 0 Å². The lowest BCUT2D eigenvalue weighted by Gasteiger charge is -2.15. The van der Waals surface area contributed by atoms with E-state index in [2.05, 4.69) is 10.6 Å². The van der Waals surface area contributed by atoms with Gasteiger partial charge in [-0.25, -0.2) is 4.79 Å². The van der Waals surface area contributed by atoms with Crippen LogP contribution in [0.1, 0.15) is 11.1 Å². The molecule has 0 spiro atoms. The van der Waals surface area contributed by atoms with Crippen LogP contribution in [0.5, 0.6) is 28.7 Å². The molecular formula is C19H24N2O6. The fraction of sp³-hybridized carbons (Fsp3) is 0.316. The van der Waals surface area contributed by atoms with Crippen LogP contribution in [0.3, 0.4) is 0 Å². The molecule has 0 saturated carbocycles. The molecule has 4 N–H and O–H groups in total. The highest BCUT2D eigenvalue weighted by atomic mass is 16.5. The molecular weight excluding hydrogens is 352 g/mol. The molecule has 0 aliphatic carbocycles. The molecule has 0 unspecified atom stereocenters. The molecule has 0 bridgehead atoms. The maximum Gasteiger partial charge on any atom is 0.319 e. The van der Waals surface area contributed by atoms with E-state index in [-0.39, 0.29) is 11.5 Å². The first kappa shape index (κ1) is 20.0. The van der Waals surface area contributed by atoms with Crippen LogP contribution in [0.2, 0.25) is 0 Å². The van der Waals surface area contributed by atoms with Crippen molar-refractivity contribution in [2.75, 3.05) is 33.2 Å². The van der Waals surface area contributed by atoms with Crippen molar-refractivity contribution in [1.29, 1.82) is 0 Å². The summed E-state index contributed by atoms with van der Waals surface area (Å²) in [7, 11) is 4.50. The number of anilines is 1. The van der Waals surface area contributed by atoms with Crippen LogP contribution in [0.4, 0.5) is 10.5 Å². The standard InChI is InChI=1S/C19H24N2O6/c1-11-7-14(22)15(23)8-12(11)5-6-20-19(24)21-13-9-16(25-2)18(27-4)17(10-13)26-3/h7-10,22-23H,5-6H2,1-4H3,(H2,20,21,24). The summed E-state index contributed by atoms with van der Waals surface area (Å²) in [5.74, 6) is 0.958. The molecule has 0 saturated heterocycles. The SMILES string of the molecule is COc1cc(NC(=O)NCCc2cc(O)c(O)cc2C)cc(OC)c1OC. The number of carbonyl (C=O) groups excluding carboxylic acids is 1. The number of nitrogens with one attached hydrogen (secondary N) is 2. The minimum Gasteiger partial charge on any atom is -0.504 e. The molecule has 27 heavy (non-hydrogen) atoms. The zero-order valence-corrected chi connectivity index (χ0v) is 15.8. The summed E-state index contributed by atoms with van der Waals surface area (Å²) in [5, 5.41) is 24.5. The number of ether oxygens (including phenoxy) is 3. The van der Waals surface area contributed by atoms with Gasteiger partial charge in [0.15, 0.2) is 23.0 Å². The number of phenols is 2. The lowest BCUT2D eigenvalue weighted by Crippen LogP contribution is -2.30. The number of rotatable bonds is 7. The van der Waals surface area contributed by atoms with Crippen LogP contribution in [-0.2, 0) is 6.42 Å². The largest absolute Gasteiger partial charge is 0.504 e. The van der Waals surface area contributed by atoms with E-state index in [9.17, 15) is 15.0 Å². The quantitative estimate of drug-likeness (QED) is 0.553. The van der Waals surface area contributed by atoms with Gasteiger partial charge in [-0.05, 0) is 36.6 Å². The molecule has 8 heteroatoms. The van der Waals surface area contributed by atoms with E-state index in [4.69, 9.17) is 14.2 Å². The molecule has 2 rings (SSSR count). The minimum atomic E-state index is -0.398. The number of carbonyl (C=O) groups is 1. The van der Waals surface area contributed by atoms with Crippen molar-refractivity contribution < 1.29 is 29.2 Å². The number of amides is 2. The van der Waals surface area contributed by atoms with Gasteiger partial charge in [-0.15, -0.1) is 0 Å². The lowest BCUT2D eigenvalue weighted by molar-refractivity contribution is 0.252. The van der Waals surface area contributed by atoms with Gasteiger partial charge in [0.05, 0.1) is 27.0 Å². The van der Waals surface area contributed by atoms with E-state index >= 15 is 0 Å². The van der Waals surface area contributed by atoms with Gasteiger partial charge < -0.3 is 35.1 Å². The first-order valence-electron chi connectivity index (χ1n) is 8.25. The van der Waals surface area contributed by atoms with Crippen LogP contribution in [0.25, 0.3) is 0 Å². The van der Waals surface area contributed by atoms with E-state index in [1.54, 1.807) is 12.1 Å². The molecule has 8 nitrogen and oxygen atoms in total. The number of urea groups is 1. The van der Waals surface area contributed by atoms with Crippen LogP contribution in [0, 0.1) is 6.92 Å². The zero-order chi connectivity index (χ0) is 20.0. The summed E-state index contributed by atoms with van der Waals surface area (Å²) in [6, 6.07) is 5.83. The second-order valence-electron chi connectivity index (χ2n) is 5.81. The van der Waals surface area contributed by atoms with Crippen molar-refractivity contribution in [1.82, 2.24) is 5.32 Å². The predicted molar refractivity (Wildman–Crippen MR) is 101 cm³/mol. The monoisotopic (exact) mass is 376 g/mol. The van der Waals surface area contributed by atoms with Crippen LogP contribution < -0.4 is 24.8 Å². The summed E-state index contributed by atoms with van der Waals surface area (Å²) >= 11 is 0. The number of hydrogen-bond acceptors (Lipinski definition) is 6. The smallest absolute Gasteiger partial charge is 0.319 e. The lowest BCUT2D eigenvalue weighted by atomic mass is 10.0. The average Bonchev–Trinajstić information content (AvgIpc) is 2.64. The van der Waals surface area contributed by atoms with Gasteiger partial charge in [-0.3, -0.25) is 0 Å². The van der Waals surface area contributed by atoms with Crippen molar-refractivity contribution in [3.05, 3.63) is 35.4 Å². The number of hydrogen-bond donors (Lipinski definition) is 4.